The zero-order valence-corrected chi connectivity index (χ0v) is 15.7. The van der Waals surface area contributed by atoms with Gasteiger partial charge < -0.3 is 14.5 Å². The lowest BCUT2D eigenvalue weighted by Crippen LogP contribution is -2.25. The van der Waals surface area contributed by atoms with Gasteiger partial charge in [0.25, 0.3) is 5.91 Å². The Morgan fingerprint density at radius 2 is 2.04 bits per heavy atom. The molecule has 2 aromatic heterocycles. The number of halogens is 2. The number of benzene rings is 1. The van der Waals surface area contributed by atoms with E-state index < -0.39 is 11.6 Å². The fourth-order valence-electron chi connectivity index (χ4n) is 2.74. The molecule has 28 heavy (non-hydrogen) atoms. The Morgan fingerprint density at radius 1 is 1.21 bits per heavy atom. The fraction of sp³-hybridized carbons (Fsp3) is 0.300. The number of hydrogen-bond acceptors (Lipinski definition) is 4. The van der Waals surface area contributed by atoms with Crippen LogP contribution in [-0.2, 0) is 13.2 Å². The second kappa shape index (κ2) is 8.69. The molecule has 0 aliphatic heterocycles. The largest absolute Gasteiger partial charge is 0.483 e. The van der Waals surface area contributed by atoms with Gasteiger partial charge in [0.05, 0.1) is 5.69 Å². The topological polar surface area (TPSA) is 69.3 Å². The molecular weight excluding hydrogens is 368 g/mol. The second-order valence-corrected chi connectivity index (χ2v) is 6.39. The van der Waals surface area contributed by atoms with Crippen molar-refractivity contribution in [3.8, 4) is 5.75 Å². The van der Waals surface area contributed by atoms with E-state index in [4.69, 9.17) is 9.15 Å². The normalized spacial score (nSPS) is 10.9. The van der Waals surface area contributed by atoms with Gasteiger partial charge in [-0.3, -0.25) is 9.48 Å². The van der Waals surface area contributed by atoms with Crippen molar-refractivity contribution in [3.63, 3.8) is 0 Å². The average molecular weight is 389 g/mol. The van der Waals surface area contributed by atoms with Gasteiger partial charge >= 0.3 is 0 Å². The molecule has 0 saturated carbocycles. The van der Waals surface area contributed by atoms with Crippen molar-refractivity contribution in [3.05, 3.63) is 70.9 Å². The molecule has 1 aromatic carbocycles. The highest BCUT2D eigenvalue weighted by molar-refractivity contribution is 5.91. The summed E-state index contributed by atoms with van der Waals surface area (Å²) in [5, 5.41) is 7.15. The average Bonchev–Trinajstić information content (AvgIpc) is 3.24. The van der Waals surface area contributed by atoms with Gasteiger partial charge in [-0.2, -0.15) is 5.10 Å². The Kier molecular flexibility index (Phi) is 6.08. The van der Waals surface area contributed by atoms with E-state index in [2.05, 4.69) is 10.4 Å². The van der Waals surface area contributed by atoms with Gasteiger partial charge in [0.1, 0.15) is 18.2 Å². The SMILES string of the molecule is Cc1cc(C)n(CCCNC(=O)c2ccc(COc3ccc(F)cc3F)o2)n1. The van der Waals surface area contributed by atoms with E-state index in [1.807, 2.05) is 24.6 Å². The van der Waals surface area contributed by atoms with E-state index in [0.717, 1.165) is 29.9 Å². The van der Waals surface area contributed by atoms with Crippen LogP contribution in [0.3, 0.4) is 0 Å². The van der Waals surface area contributed by atoms with Crippen LogP contribution in [0.5, 0.6) is 5.75 Å². The Morgan fingerprint density at radius 3 is 2.75 bits per heavy atom. The standard InChI is InChI=1S/C20H21F2N3O3/c1-13-10-14(2)25(24-13)9-3-8-23-20(26)19-7-5-16(28-19)12-27-18-6-4-15(21)11-17(18)22/h4-7,10-11H,3,8-9,12H2,1-2H3,(H,23,26). The van der Waals surface area contributed by atoms with Crippen LogP contribution in [0.4, 0.5) is 8.78 Å². The minimum absolute atomic E-state index is 0.0756. The first-order valence-electron chi connectivity index (χ1n) is 8.88. The molecule has 1 amide bonds. The molecule has 3 rings (SSSR count). The molecule has 0 fully saturated rings. The summed E-state index contributed by atoms with van der Waals surface area (Å²) in [4.78, 5) is 12.1. The molecule has 0 radical (unpaired) electrons. The van der Waals surface area contributed by atoms with E-state index in [1.165, 1.54) is 12.1 Å². The van der Waals surface area contributed by atoms with Crippen LogP contribution in [0, 0.1) is 25.5 Å². The number of aromatic nitrogens is 2. The maximum Gasteiger partial charge on any atom is 0.286 e. The second-order valence-electron chi connectivity index (χ2n) is 6.39. The molecule has 0 bridgehead atoms. The number of carbonyl (C=O) groups is 1. The van der Waals surface area contributed by atoms with Crippen molar-refractivity contribution in [2.75, 3.05) is 6.54 Å². The smallest absolute Gasteiger partial charge is 0.286 e. The molecule has 0 atom stereocenters. The van der Waals surface area contributed by atoms with E-state index in [-0.39, 0.29) is 24.0 Å². The van der Waals surface area contributed by atoms with E-state index in [0.29, 0.717) is 18.8 Å². The lowest BCUT2D eigenvalue weighted by molar-refractivity contribution is 0.0920. The molecule has 1 N–H and O–H groups in total. The monoisotopic (exact) mass is 389 g/mol. The molecular formula is C20H21F2N3O3. The minimum Gasteiger partial charge on any atom is -0.483 e. The molecule has 0 saturated heterocycles. The molecule has 8 heteroatoms. The number of carbonyl (C=O) groups excluding carboxylic acids is 1. The van der Waals surface area contributed by atoms with Crippen molar-refractivity contribution in [2.45, 2.75) is 33.4 Å². The van der Waals surface area contributed by atoms with Crippen molar-refractivity contribution in [1.82, 2.24) is 15.1 Å². The molecule has 0 aliphatic rings. The van der Waals surface area contributed by atoms with E-state index in [1.54, 1.807) is 6.07 Å². The number of amides is 1. The highest BCUT2D eigenvalue weighted by Crippen LogP contribution is 2.19. The van der Waals surface area contributed by atoms with E-state index in [9.17, 15) is 13.6 Å². The molecule has 2 heterocycles. The highest BCUT2D eigenvalue weighted by atomic mass is 19.1. The molecule has 0 spiro atoms. The summed E-state index contributed by atoms with van der Waals surface area (Å²) in [7, 11) is 0. The van der Waals surface area contributed by atoms with Gasteiger partial charge in [-0.25, -0.2) is 8.78 Å². The third kappa shape index (κ3) is 4.97. The Balaban J connectivity index is 1.45. The van der Waals surface area contributed by atoms with Crippen LogP contribution < -0.4 is 10.1 Å². The minimum atomic E-state index is -0.799. The third-order valence-electron chi connectivity index (χ3n) is 4.08. The van der Waals surface area contributed by atoms with Crippen molar-refractivity contribution < 1.29 is 22.7 Å². The predicted octanol–water partition coefficient (Wildman–Crippen LogP) is 3.77. The number of nitrogens with one attached hydrogen (secondary N) is 1. The number of furan rings is 1. The molecule has 3 aromatic rings. The van der Waals surface area contributed by atoms with Crippen molar-refractivity contribution in [2.24, 2.45) is 0 Å². The van der Waals surface area contributed by atoms with Crippen LogP contribution in [0.1, 0.15) is 34.1 Å². The van der Waals surface area contributed by atoms with Gasteiger partial charge in [0.15, 0.2) is 17.3 Å². The van der Waals surface area contributed by atoms with Crippen molar-refractivity contribution in [1.29, 1.82) is 0 Å². The van der Waals surface area contributed by atoms with Gasteiger partial charge in [-0.1, -0.05) is 0 Å². The quantitative estimate of drug-likeness (QED) is 0.596. The predicted molar refractivity (Wildman–Crippen MR) is 98.0 cm³/mol. The summed E-state index contributed by atoms with van der Waals surface area (Å²) in [6.45, 7) is 5.04. The highest BCUT2D eigenvalue weighted by Gasteiger charge is 2.12. The molecule has 6 nitrogen and oxygen atoms in total. The van der Waals surface area contributed by atoms with E-state index >= 15 is 0 Å². The Labute approximate surface area is 161 Å². The first-order chi connectivity index (χ1) is 13.4. The van der Waals surface area contributed by atoms with Crippen LogP contribution in [-0.4, -0.2) is 22.2 Å². The zero-order valence-electron chi connectivity index (χ0n) is 15.7. The molecule has 148 valence electrons. The van der Waals surface area contributed by atoms with Gasteiger partial charge in [0, 0.05) is 24.8 Å². The summed E-state index contributed by atoms with van der Waals surface area (Å²) < 4.78 is 39.0. The van der Waals surface area contributed by atoms with Gasteiger partial charge in [-0.05, 0) is 50.6 Å². The Hall–Kier alpha value is -3.16. The van der Waals surface area contributed by atoms with Crippen LogP contribution in [0.25, 0.3) is 0 Å². The summed E-state index contributed by atoms with van der Waals surface area (Å²) in [5.41, 5.74) is 2.05. The maximum absolute atomic E-state index is 13.5. The summed E-state index contributed by atoms with van der Waals surface area (Å²) in [6.07, 6.45) is 0.730. The van der Waals surface area contributed by atoms with Crippen LogP contribution in [0.15, 0.2) is 40.8 Å². The number of ether oxygens (including phenoxy) is 1. The third-order valence-corrected chi connectivity index (χ3v) is 4.08. The molecule has 0 unspecified atom stereocenters. The number of hydrogen-bond donors (Lipinski definition) is 1. The number of aryl methyl sites for hydroxylation is 3. The summed E-state index contributed by atoms with van der Waals surface area (Å²) >= 11 is 0. The van der Waals surface area contributed by atoms with Gasteiger partial charge in [-0.15, -0.1) is 0 Å². The number of nitrogens with zero attached hydrogens (tertiary/aromatic N) is 2. The Bertz CT molecular complexity index is 966. The van der Waals surface area contributed by atoms with Crippen molar-refractivity contribution >= 4 is 5.91 Å². The molecule has 0 aliphatic carbocycles. The lowest BCUT2D eigenvalue weighted by atomic mass is 10.3. The van der Waals surface area contributed by atoms with Crippen LogP contribution >= 0.6 is 0 Å². The maximum atomic E-state index is 13.5. The van der Waals surface area contributed by atoms with Crippen LogP contribution in [0.2, 0.25) is 0 Å². The van der Waals surface area contributed by atoms with Gasteiger partial charge in [0.2, 0.25) is 0 Å². The summed E-state index contributed by atoms with van der Waals surface area (Å²) in [6, 6.07) is 8.14. The number of rotatable bonds is 8. The first kappa shape index (κ1) is 19.6. The lowest BCUT2D eigenvalue weighted by Gasteiger charge is -2.06. The zero-order chi connectivity index (χ0) is 20.1. The first-order valence-corrected chi connectivity index (χ1v) is 8.88. The summed E-state index contributed by atoms with van der Waals surface area (Å²) in [5.74, 6) is -1.41. The fourth-order valence-corrected chi connectivity index (χ4v) is 2.74.